The third-order valence-corrected chi connectivity index (χ3v) is 5.92. The van der Waals surface area contributed by atoms with Gasteiger partial charge < -0.3 is 4.74 Å². The first-order chi connectivity index (χ1) is 12.3. The van der Waals surface area contributed by atoms with Crippen molar-refractivity contribution in [2.75, 3.05) is 13.1 Å². The van der Waals surface area contributed by atoms with Crippen molar-refractivity contribution >= 4 is 0 Å². The summed E-state index contributed by atoms with van der Waals surface area (Å²) in [4.78, 5) is 2.44. The Kier molecular flexibility index (Phi) is 4.03. The number of piperidine rings is 1. The molecule has 4 rings (SSSR count). The number of hydrogen-bond acceptors (Lipinski definition) is 2. The first kappa shape index (κ1) is 17.4. The highest BCUT2D eigenvalue weighted by molar-refractivity contribution is 5.43. The van der Waals surface area contributed by atoms with E-state index in [1.807, 2.05) is 24.3 Å². The molecule has 5 heteroatoms. The molecule has 138 valence electrons. The largest absolute Gasteiger partial charge is 0.573 e. The molecule has 1 heterocycles. The summed E-state index contributed by atoms with van der Waals surface area (Å²) in [5, 5.41) is 0. The van der Waals surface area contributed by atoms with Crippen molar-refractivity contribution in [3.05, 3.63) is 65.2 Å². The molecule has 2 aliphatic rings. The van der Waals surface area contributed by atoms with Crippen molar-refractivity contribution in [2.24, 2.45) is 11.3 Å². The van der Waals surface area contributed by atoms with Crippen LogP contribution in [0.5, 0.6) is 5.75 Å². The van der Waals surface area contributed by atoms with Crippen LogP contribution in [-0.4, -0.2) is 24.4 Å². The molecular weight excluding hydrogens is 339 g/mol. The fraction of sp³-hybridized carbons (Fsp3) is 0.429. The van der Waals surface area contributed by atoms with Crippen LogP contribution in [0.3, 0.4) is 0 Å². The highest BCUT2D eigenvalue weighted by Gasteiger charge is 2.65. The minimum absolute atomic E-state index is 0.0790. The van der Waals surface area contributed by atoms with Gasteiger partial charge in [0.1, 0.15) is 5.75 Å². The summed E-state index contributed by atoms with van der Waals surface area (Å²) in [7, 11) is 0. The van der Waals surface area contributed by atoms with Crippen molar-refractivity contribution in [3.63, 3.8) is 0 Å². The summed E-state index contributed by atoms with van der Waals surface area (Å²) in [5.41, 5.74) is 2.90. The summed E-state index contributed by atoms with van der Waals surface area (Å²) in [5.74, 6) is 0.725. The van der Waals surface area contributed by atoms with Crippen molar-refractivity contribution in [1.82, 2.24) is 4.90 Å². The van der Waals surface area contributed by atoms with Crippen molar-refractivity contribution in [1.29, 1.82) is 0 Å². The molecule has 1 saturated heterocycles. The van der Waals surface area contributed by atoms with Crippen LogP contribution in [0.25, 0.3) is 0 Å². The highest BCUT2D eigenvalue weighted by Crippen LogP contribution is 2.68. The molecule has 0 amide bonds. The number of nitrogens with zero attached hydrogens (tertiary/aromatic N) is 1. The van der Waals surface area contributed by atoms with Crippen molar-refractivity contribution in [2.45, 2.75) is 32.7 Å². The predicted octanol–water partition coefficient (Wildman–Crippen LogP) is 5.13. The van der Waals surface area contributed by atoms with E-state index in [0.717, 1.165) is 25.2 Å². The molecule has 0 radical (unpaired) electrons. The van der Waals surface area contributed by atoms with Crippen LogP contribution in [0, 0.1) is 18.3 Å². The SMILES string of the molecule is Cc1ccc([C@H]2[C@@H]3CN(Cc4ccccc4)C[C@@]32C)cc1OC(F)(F)F. The third kappa shape index (κ3) is 3.20. The Hall–Kier alpha value is -2.01. The van der Waals surface area contributed by atoms with Crippen LogP contribution >= 0.6 is 0 Å². The second-order valence-electron chi connectivity index (χ2n) is 7.82. The number of rotatable bonds is 4. The molecule has 2 aromatic carbocycles. The van der Waals surface area contributed by atoms with Crippen LogP contribution in [-0.2, 0) is 6.54 Å². The van der Waals surface area contributed by atoms with Gasteiger partial charge in [0.2, 0.25) is 0 Å². The van der Waals surface area contributed by atoms with Gasteiger partial charge in [0.05, 0.1) is 0 Å². The summed E-state index contributed by atoms with van der Waals surface area (Å²) >= 11 is 0. The standard InChI is InChI=1S/C21H22F3NO/c1-14-8-9-16(10-18(14)26-21(22,23)24)19-17-12-25(13-20(17,19)2)11-15-6-4-3-5-7-15/h3-10,17,19H,11-13H2,1-2H3/t17-,19-,20-/m0/s1. The lowest BCUT2D eigenvalue weighted by Gasteiger charge is -2.22. The smallest absolute Gasteiger partial charge is 0.406 e. The Morgan fingerprint density at radius 1 is 1.15 bits per heavy atom. The molecule has 1 aliphatic carbocycles. The van der Waals surface area contributed by atoms with E-state index in [-0.39, 0.29) is 11.2 Å². The molecular formula is C21H22F3NO. The van der Waals surface area contributed by atoms with Gasteiger partial charge in [-0.3, -0.25) is 4.90 Å². The molecule has 3 atom stereocenters. The Balaban J connectivity index is 1.46. The van der Waals surface area contributed by atoms with Gasteiger partial charge in [0.15, 0.2) is 0 Å². The van der Waals surface area contributed by atoms with E-state index in [9.17, 15) is 13.2 Å². The lowest BCUT2D eigenvalue weighted by Crippen LogP contribution is -2.25. The van der Waals surface area contributed by atoms with Gasteiger partial charge in [-0.2, -0.15) is 0 Å². The second kappa shape index (κ2) is 6.02. The monoisotopic (exact) mass is 361 g/mol. The van der Waals surface area contributed by atoms with Gasteiger partial charge in [0, 0.05) is 19.6 Å². The first-order valence-corrected chi connectivity index (χ1v) is 8.89. The van der Waals surface area contributed by atoms with Gasteiger partial charge >= 0.3 is 6.36 Å². The lowest BCUT2D eigenvalue weighted by molar-refractivity contribution is -0.274. The fourth-order valence-electron chi connectivity index (χ4n) is 4.63. The summed E-state index contributed by atoms with van der Waals surface area (Å²) in [6.07, 6.45) is -4.65. The van der Waals surface area contributed by atoms with Crippen LogP contribution in [0.15, 0.2) is 48.5 Å². The van der Waals surface area contributed by atoms with E-state index in [4.69, 9.17) is 0 Å². The first-order valence-electron chi connectivity index (χ1n) is 8.89. The van der Waals surface area contributed by atoms with Crippen LogP contribution in [0.2, 0.25) is 0 Å². The van der Waals surface area contributed by atoms with Crippen LogP contribution < -0.4 is 4.74 Å². The minimum Gasteiger partial charge on any atom is -0.406 e. The van der Waals surface area contributed by atoms with Gasteiger partial charge in [-0.05, 0) is 46.9 Å². The molecule has 2 nitrogen and oxygen atoms in total. The number of ether oxygens (including phenoxy) is 1. The summed E-state index contributed by atoms with van der Waals surface area (Å²) < 4.78 is 42.0. The highest BCUT2D eigenvalue weighted by atomic mass is 19.4. The Bertz CT molecular complexity index is 805. The molecule has 1 aliphatic heterocycles. The molecule has 1 saturated carbocycles. The van der Waals surface area contributed by atoms with E-state index >= 15 is 0 Å². The number of fused-ring (bicyclic) bond motifs is 1. The number of hydrogen-bond donors (Lipinski definition) is 0. The number of halogens is 3. The Labute approximate surface area is 151 Å². The normalized spacial score (nSPS) is 28.0. The number of alkyl halides is 3. The van der Waals surface area contributed by atoms with E-state index < -0.39 is 6.36 Å². The maximum absolute atomic E-state index is 12.6. The summed E-state index contributed by atoms with van der Waals surface area (Å²) in [6.45, 7) is 6.77. The van der Waals surface area contributed by atoms with Crippen LogP contribution in [0.1, 0.15) is 29.5 Å². The summed E-state index contributed by atoms with van der Waals surface area (Å²) in [6, 6.07) is 15.6. The predicted molar refractivity (Wildman–Crippen MR) is 93.9 cm³/mol. The maximum Gasteiger partial charge on any atom is 0.573 e. The zero-order valence-electron chi connectivity index (χ0n) is 14.9. The van der Waals surface area contributed by atoms with Crippen molar-refractivity contribution < 1.29 is 17.9 Å². The van der Waals surface area contributed by atoms with Crippen molar-refractivity contribution in [3.8, 4) is 5.75 Å². The zero-order chi connectivity index (χ0) is 18.5. The average molecular weight is 361 g/mol. The Morgan fingerprint density at radius 3 is 2.50 bits per heavy atom. The number of aryl methyl sites for hydroxylation is 1. The quantitative estimate of drug-likeness (QED) is 0.749. The van der Waals surface area contributed by atoms with E-state index in [0.29, 0.717) is 17.4 Å². The molecule has 0 unspecified atom stereocenters. The van der Waals surface area contributed by atoms with Gasteiger partial charge in [-0.15, -0.1) is 13.2 Å². The minimum atomic E-state index is -4.65. The van der Waals surface area contributed by atoms with Gasteiger partial charge in [0.25, 0.3) is 0 Å². The van der Waals surface area contributed by atoms with Crippen LogP contribution in [0.4, 0.5) is 13.2 Å². The molecule has 26 heavy (non-hydrogen) atoms. The van der Waals surface area contributed by atoms with E-state index in [1.54, 1.807) is 19.1 Å². The zero-order valence-corrected chi connectivity index (χ0v) is 14.9. The fourth-order valence-corrected chi connectivity index (χ4v) is 4.63. The molecule has 2 fully saturated rings. The Morgan fingerprint density at radius 2 is 1.88 bits per heavy atom. The van der Waals surface area contributed by atoms with E-state index in [1.165, 1.54) is 5.56 Å². The average Bonchev–Trinajstić information content (AvgIpc) is 2.97. The molecule has 2 aromatic rings. The molecule has 0 aromatic heterocycles. The third-order valence-electron chi connectivity index (χ3n) is 5.92. The van der Waals surface area contributed by atoms with Gasteiger partial charge in [-0.25, -0.2) is 0 Å². The molecule has 0 N–H and O–H groups in total. The lowest BCUT2D eigenvalue weighted by atomic mass is 9.99. The number of likely N-dealkylation sites (tertiary alicyclic amines) is 1. The molecule has 0 bridgehead atoms. The maximum atomic E-state index is 12.6. The second-order valence-corrected chi connectivity index (χ2v) is 7.82. The van der Waals surface area contributed by atoms with Gasteiger partial charge in [-0.1, -0.05) is 49.4 Å². The van der Waals surface area contributed by atoms with E-state index in [2.05, 4.69) is 28.7 Å². The topological polar surface area (TPSA) is 12.5 Å². The number of benzene rings is 2. The molecule has 0 spiro atoms.